The van der Waals surface area contributed by atoms with Crippen molar-refractivity contribution >= 4 is 41.2 Å². The molecule has 0 radical (unpaired) electrons. The number of piperidine rings is 1. The third-order valence-electron chi connectivity index (χ3n) is 6.30. The number of anilines is 1. The van der Waals surface area contributed by atoms with Crippen LogP contribution in [0.25, 0.3) is 0 Å². The Morgan fingerprint density at radius 3 is 2.47 bits per heavy atom. The fourth-order valence-corrected chi connectivity index (χ4v) is 5.00. The molecule has 0 bridgehead atoms. The number of pyridine rings is 1. The van der Waals surface area contributed by atoms with Crippen molar-refractivity contribution in [2.24, 2.45) is 5.41 Å². The fraction of sp³-hybridized carbons (Fsp3) is 0.269. The van der Waals surface area contributed by atoms with Gasteiger partial charge in [-0.15, -0.1) is 0 Å². The summed E-state index contributed by atoms with van der Waals surface area (Å²) in [6.07, 6.45) is 3.17. The summed E-state index contributed by atoms with van der Waals surface area (Å²) in [5.74, 6) is 0.393. The van der Waals surface area contributed by atoms with E-state index in [1.807, 2.05) is 74.5 Å². The van der Waals surface area contributed by atoms with Gasteiger partial charge < -0.3 is 4.79 Å². The van der Waals surface area contributed by atoms with Gasteiger partial charge in [0.1, 0.15) is 12.1 Å². The highest BCUT2D eigenvalue weighted by Crippen LogP contribution is 2.52. The fourth-order valence-electron chi connectivity index (χ4n) is 4.67. The largest absolute Gasteiger partial charge is 0.303 e. The molecule has 0 saturated carbocycles. The molecule has 1 saturated heterocycles. The van der Waals surface area contributed by atoms with Gasteiger partial charge >= 0.3 is 0 Å². The normalized spacial score (nSPS) is 23.2. The van der Waals surface area contributed by atoms with Crippen molar-refractivity contribution in [1.29, 1.82) is 0 Å². The van der Waals surface area contributed by atoms with Gasteiger partial charge in [-0.3, -0.25) is 9.69 Å². The second kappa shape index (κ2) is 9.05. The van der Waals surface area contributed by atoms with Crippen LogP contribution < -0.4 is 4.90 Å². The maximum atomic E-state index is 14.0. The molecule has 0 spiro atoms. The van der Waals surface area contributed by atoms with Crippen LogP contribution in [-0.4, -0.2) is 17.2 Å². The van der Waals surface area contributed by atoms with Crippen LogP contribution in [0.2, 0.25) is 10.0 Å². The van der Waals surface area contributed by atoms with Gasteiger partial charge in [-0.05, 0) is 60.4 Å². The van der Waals surface area contributed by atoms with Gasteiger partial charge in [0.2, 0.25) is 5.91 Å². The van der Waals surface area contributed by atoms with Crippen molar-refractivity contribution in [2.45, 2.75) is 38.6 Å². The maximum Gasteiger partial charge on any atom is 0.235 e. The van der Waals surface area contributed by atoms with E-state index >= 15 is 0 Å². The van der Waals surface area contributed by atoms with E-state index in [2.05, 4.69) is 4.98 Å². The van der Waals surface area contributed by atoms with Crippen LogP contribution in [0.4, 0.5) is 5.82 Å². The van der Waals surface area contributed by atoms with Crippen molar-refractivity contribution < 1.29 is 9.59 Å². The molecule has 4 rings (SSSR count). The molecule has 164 valence electrons. The minimum atomic E-state index is -0.860. The zero-order valence-electron chi connectivity index (χ0n) is 18.0. The Bertz CT molecular complexity index is 1150. The molecule has 6 heteroatoms. The first kappa shape index (κ1) is 22.5. The van der Waals surface area contributed by atoms with Crippen LogP contribution in [0, 0.1) is 12.3 Å². The molecule has 1 aliphatic rings. The van der Waals surface area contributed by atoms with Gasteiger partial charge in [-0.1, -0.05) is 60.5 Å². The molecule has 1 fully saturated rings. The van der Waals surface area contributed by atoms with Crippen molar-refractivity contribution in [3.8, 4) is 0 Å². The Morgan fingerprint density at radius 1 is 1.06 bits per heavy atom. The van der Waals surface area contributed by atoms with E-state index in [4.69, 9.17) is 23.2 Å². The monoisotopic (exact) mass is 466 g/mol. The number of carbonyl (C=O) groups excluding carboxylic acids is 2. The minimum Gasteiger partial charge on any atom is -0.303 e. The average Bonchev–Trinajstić information content (AvgIpc) is 2.77. The molecule has 3 aromatic rings. The van der Waals surface area contributed by atoms with E-state index in [0.29, 0.717) is 22.3 Å². The number of rotatable bonds is 5. The standard InChI is InChI=1S/C26H24Cl2N2O2/c1-17-5-4-13-29-24(17)30-23(18-8-10-20(27)11-9-18)22(19-6-3-7-21(28)15-19)16-26(2,12-14-31)25(30)32/h3-11,13-15,22-23H,12,16H2,1-2H3. The minimum absolute atomic E-state index is 0.0982. The molecule has 0 aliphatic carbocycles. The number of aryl methyl sites for hydroxylation is 1. The molecule has 0 N–H and O–H groups in total. The number of amides is 1. The first-order chi connectivity index (χ1) is 15.3. The van der Waals surface area contributed by atoms with Crippen molar-refractivity contribution in [1.82, 2.24) is 4.98 Å². The predicted molar refractivity (Wildman–Crippen MR) is 128 cm³/mol. The number of carbonyl (C=O) groups is 2. The Labute approximate surface area is 198 Å². The van der Waals surface area contributed by atoms with Crippen LogP contribution >= 0.6 is 23.2 Å². The topological polar surface area (TPSA) is 50.3 Å². The summed E-state index contributed by atoms with van der Waals surface area (Å²) in [7, 11) is 0. The number of nitrogens with zero attached hydrogens (tertiary/aromatic N) is 2. The Hall–Kier alpha value is -2.69. The summed E-state index contributed by atoms with van der Waals surface area (Å²) < 4.78 is 0. The lowest BCUT2D eigenvalue weighted by Crippen LogP contribution is -2.52. The van der Waals surface area contributed by atoms with Crippen molar-refractivity contribution in [2.75, 3.05) is 4.90 Å². The molecule has 2 heterocycles. The predicted octanol–water partition coefficient (Wildman–Crippen LogP) is 6.55. The molecule has 3 atom stereocenters. The van der Waals surface area contributed by atoms with Gasteiger partial charge in [0.15, 0.2) is 0 Å². The molecule has 3 unspecified atom stereocenters. The van der Waals surface area contributed by atoms with Crippen molar-refractivity contribution in [3.63, 3.8) is 0 Å². The molecule has 1 aromatic heterocycles. The van der Waals surface area contributed by atoms with Crippen LogP contribution in [0.3, 0.4) is 0 Å². The average molecular weight is 467 g/mol. The molecule has 1 aliphatic heterocycles. The summed E-state index contributed by atoms with van der Waals surface area (Å²) in [6.45, 7) is 3.80. The number of hydrogen-bond donors (Lipinski definition) is 0. The number of aromatic nitrogens is 1. The lowest BCUT2D eigenvalue weighted by Gasteiger charge is -2.48. The second-order valence-electron chi connectivity index (χ2n) is 8.61. The first-order valence-corrected chi connectivity index (χ1v) is 11.3. The summed E-state index contributed by atoms with van der Waals surface area (Å²) >= 11 is 12.5. The molecule has 4 nitrogen and oxygen atoms in total. The van der Waals surface area contributed by atoms with Gasteiger partial charge in [0.25, 0.3) is 0 Å². The molecule has 32 heavy (non-hydrogen) atoms. The van der Waals surface area contributed by atoms with E-state index < -0.39 is 5.41 Å². The quantitative estimate of drug-likeness (QED) is 0.400. The molecule has 2 aromatic carbocycles. The van der Waals surface area contributed by atoms with Crippen LogP contribution in [0.1, 0.15) is 48.4 Å². The van der Waals surface area contributed by atoms with Gasteiger partial charge in [0.05, 0.1) is 11.5 Å². The van der Waals surface area contributed by atoms with Gasteiger partial charge in [0, 0.05) is 28.6 Å². The molecule has 1 amide bonds. The smallest absolute Gasteiger partial charge is 0.235 e. The van der Waals surface area contributed by atoms with Gasteiger partial charge in [-0.25, -0.2) is 4.98 Å². The summed E-state index contributed by atoms with van der Waals surface area (Å²) in [6, 6.07) is 18.7. The Kier molecular flexibility index (Phi) is 6.36. The number of hydrogen-bond acceptors (Lipinski definition) is 3. The van der Waals surface area contributed by atoms with E-state index in [1.165, 1.54) is 0 Å². The Morgan fingerprint density at radius 2 is 1.81 bits per heavy atom. The van der Waals surface area contributed by atoms with E-state index in [0.717, 1.165) is 23.0 Å². The summed E-state index contributed by atoms with van der Waals surface area (Å²) in [5, 5.41) is 1.26. The van der Waals surface area contributed by atoms with Crippen LogP contribution in [0.15, 0.2) is 66.9 Å². The number of aldehydes is 1. The highest BCUT2D eigenvalue weighted by Gasteiger charge is 2.50. The van der Waals surface area contributed by atoms with Gasteiger partial charge in [-0.2, -0.15) is 0 Å². The summed E-state index contributed by atoms with van der Waals surface area (Å²) in [5.41, 5.74) is 1.99. The van der Waals surface area contributed by atoms with Crippen molar-refractivity contribution in [3.05, 3.63) is 93.6 Å². The molecular formula is C26H24Cl2N2O2. The SMILES string of the molecule is Cc1cccnc1N1C(=O)C(C)(CC=O)CC(c2cccc(Cl)c2)C1c1ccc(Cl)cc1. The van der Waals surface area contributed by atoms with E-state index in [9.17, 15) is 9.59 Å². The lowest BCUT2D eigenvalue weighted by atomic mass is 9.67. The third-order valence-corrected chi connectivity index (χ3v) is 6.78. The highest BCUT2D eigenvalue weighted by molar-refractivity contribution is 6.30. The number of halogens is 2. The van der Waals surface area contributed by atoms with E-state index in [1.54, 1.807) is 11.1 Å². The van der Waals surface area contributed by atoms with Crippen LogP contribution in [-0.2, 0) is 9.59 Å². The third kappa shape index (κ3) is 4.17. The Balaban J connectivity index is 1.97. The zero-order valence-corrected chi connectivity index (χ0v) is 19.5. The first-order valence-electron chi connectivity index (χ1n) is 10.5. The highest BCUT2D eigenvalue weighted by atomic mass is 35.5. The second-order valence-corrected chi connectivity index (χ2v) is 9.49. The van der Waals surface area contributed by atoms with E-state index in [-0.39, 0.29) is 24.3 Å². The summed E-state index contributed by atoms with van der Waals surface area (Å²) in [4.78, 5) is 31.9. The number of benzene rings is 2. The maximum absolute atomic E-state index is 14.0. The molecular weight excluding hydrogens is 443 g/mol. The lowest BCUT2D eigenvalue weighted by molar-refractivity contribution is -0.133. The zero-order chi connectivity index (χ0) is 22.9. The van der Waals surface area contributed by atoms with Crippen LogP contribution in [0.5, 0.6) is 0 Å².